The molecule has 0 aliphatic heterocycles. The number of halogens is 1. The molecule has 0 aromatic heterocycles. The molecule has 40 heavy (non-hydrogen) atoms. The van der Waals surface area contributed by atoms with Crippen molar-refractivity contribution in [3.05, 3.63) is 94.0 Å². The number of benzene rings is 3. The van der Waals surface area contributed by atoms with E-state index in [1.165, 1.54) is 4.90 Å². The molecule has 7 nitrogen and oxygen atoms in total. The molecule has 3 rings (SSSR count). The molecule has 0 radical (unpaired) electrons. The van der Waals surface area contributed by atoms with E-state index in [1.54, 1.807) is 48.5 Å². The van der Waals surface area contributed by atoms with Crippen molar-refractivity contribution in [2.45, 2.75) is 64.4 Å². The van der Waals surface area contributed by atoms with Crippen molar-refractivity contribution in [3.8, 4) is 0 Å². The van der Waals surface area contributed by atoms with Crippen LogP contribution in [0.25, 0.3) is 0 Å². The Morgan fingerprint density at radius 2 is 1.65 bits per heavy atom. The zero-order chi connectivity index (χ0) is 29.3. The third-order valence-corrected chi connectivity index (χ3v) is 9.08. The van der Waals surface area contributed by atoms with Crippen molar-refractivity contribution in [2.75, 3.05) is 17.4 Å². The lowest BCUT2D eigenvalue weighted by atomic mass is 10.1. The first-order chi connectivity index (χ1) is 19.1. The lowest BCUT2D eigenvalue weighted by Crippen LogP contribution is -2.52. The number of sulfonamides is 1. The summed E-state index contributed by atoms with van der Waals surface area (Å²) in [6, 6.07) is 20.3. The molecule has 0 saturated carbocycles. The van der Waals surface area contributed by atoms with E-state index in [0.717, 1.165) is 33.8 Å². The highest BCUT2D eigenvalue weighted by molar-refractivity contribution is 9.10. The van der Waals surface area contributed by atoms with Crippen molar-refractivity contribution in [2.24, 2.45) is 0 Å². The van der Waals surface area contributed by atoms with Crippen LogP contribution in [0.3, 0.4) is 0 Å². The summed E-state index contributed by atoms with van der Waals surface area (Å²) in [5.74, 6) is -0.704. The molecule has 0 fully saturated rings. The van der Waals surface area contributed by atoms with Crippen LogP contribution in [-0.2, 0) is 26.2 Å². The van der Waals surface area contributed by atoms with Gasteiger partial charge in [-0.3, -0.25) is 13.9 Å². The molecule has 1 unspecified atom stereocenters. The van der Waals surface area contributed by atoms with E-state index in [4.69, 9.17) is 0 Å². The lowest BCUT2D eigenvalue weighted by molar-refractivity contribution is -0.140. The van der Waals surface area contributed by atoms with Crippen LogP contribution in [0.1, 0.15) is 49.8 Å². The number of hydrogen-bond acceptors (Lipinski definition) is 4. The van der Waals surface area contributed by atoms with E-state index in [0.29, 0.717) is 23.1 Å². The van der Waals surface area contributed by atoms with Crippen molar-refractivity contribution < 1.29 is 18.0 Å². The summed E-state index contributed by atoms with van der Waals surface area (Å²) in [5, 5.41) is 2.95. The van der Waals surface area contributed by atoms with E-state index in [9.17, 15) is 18.0 Å². The minimum atomic E-state index is -4.10. The van der Waals surface area contributed by atoms with Crippen LogP contribution >= 0.6 is 15.9 Å². The van der Waals surface area contributed by atoms with Gasteiger partial charge in [0.15, 0.2) is 0 Å². The first-order valence-electron chi connectivity index (χ1n) is 13.5. The maximum Gasteiger partial charge on any atom is 0.264 e. The number of aryl methyl sites for hydroxylation is 2. The average molecular weight is 629 g/mol. The van der Waals surface area contributed by atoms with E-state index >= 15 is 0 Å². The van der Waals surface area contributed by atoms with Crippen LogP contribution in [-0.4, -0.2) is 44.3 Å². The Morgan fingerprint density at radius 3 is 2.27 bits per heavy atom. The number of hydrogen-bond donors (Lipinski definition) is 1. The van der Waals surface area contributed by atoms with Gasteiger partial charge in [-0.05, 0) is 68.1 Å². The molecule has 1 atom stereocenters. The van der Waals surface area contributed by atoms with Gasteiger partial charge >= 0.3 is 0 Å². The van der Waals surface area contributed by atoms with E-state index in [2.05, 4.69) is 21.2 Å². The number of anilines is 1. The highest BCUT2D eigenvalue weighted by atomic mass is 79.9. The molecule has 3 aromatic rings. The van der Waals surface area contributed by atoms with Crippen LogP contribution in [0.5, 0.6) is 0 Å². The smallest absolute Gasteiger partial charge is 0.264 e. The first-order valence-corrected chi connectivity index (χ1v) is 15.8. The van der Waals surface area contributed by atoms with Crippen molar-refractivity contribution >= 4 is 43.5 Å². The lowest BCUT2D eigenvalue weighted by Gasteiger charge is -2.33. The maximum atomic E-state index is 14.1. The fraction of sp³-hybridized carbons (Fsp3) is 0.355. The predicted octanol–water partition coefficient (Wildman–Crippen LogP) is 5.98. The number of unbranched alkanes of at least 4 members (excludes halogenated alkanes) is 1. The fourth-order valence-electron chi connectivity index (χ4n) is 4.39. The molecule has 0 spiro atoms. The maximum absolute atomic E-state index is 14.1. The van der Waals surface area contributed by atoms with Gasteiger partial charge in [-0.25, -0.2) is 8.42 Å². The molecule has 1 N–H and O–H groups in total. The molecule has 0 saturated heterocycles. The van der Waals surface area contributed by atoms with Gasteiger partial charge in [-0.15, -0.1) is 0 Å². The summed E-state index contributed by atoms with van der Waals surface area (Å²) in [4.78, 5) is 29.0. The second-order valence-electron chi connectivity index (χ2n) is 9.82. The number of amides is 2. The highest BCUT2D eigenvalue weighted by Gasteiger charge is 2.33. The highest BCUT2D eigenvalue weighted by Crippen LogP contribution is 2.27. The fourth-order valence-corrected chi connectivity index (χ4v) is 6.19. The van der Waals surface area contributed by atoms with Gasteiger partial charge in [-0.1, -0.05) is 84.2 Å². The molecule has 214 valence electrons. The second-order valence-corrected chi connectivity index (χ2v) is 12.6. The Bertz CT molecular complexity index is 1410. The van der Waals surface area contributed by atoms with Crippen LogP contribution < -0.4 is 9.62 Å². The van der Waals surface area contributed by atoms with Crippen molar-refractivity contribution in [1.29, 1.82) is 0 Å². The standard InChI is InChI=1S/C31H38BrN3O4S/c1-5-7-19-33-31(37)29(6-2)34(21-25-12-9-8-11-24(25)4)30(36)22-35(27-14-10-13-26(32)20-27)40(38,39)28-17-15-23(3)16-18-28/h8-18,20,29H,5-7,19,21-22H2,1-4H3,(H,33,37). The minimum Gasteiger partial charge on any atom is -0.354 e. The van der Waals surface area contributed by atoms with E-state index in [-0.39, 0.29) is 17.3 Å². The third kappa shape index (κ3) is 7.95. The molecular weight excluding hydrogens is 590 g/mol. The zero-order valence-corrected chi connectivity index (χ0v) is 26.0. The minimum absolute atomic E-state index is 0.0840. The molecule has 9 heteroatoms. The Kier molecular flexibility index (Phi) is 11.3. The molecular formula is C31H38BrN3O4S. The Morgan fingerprint density at radius 1 is 0.950 bits per heavy atom. The number of nitrogens with zero attached hydrogens (tertiary/aromatic N) is 2. The normalized spacial score (nSPS) is 12.0. The van der Waals surface area contributed by atoms with Gasteiger partial charge in [-0.2, -0.15) is 0 Å². The van der Waals surface area contributed by atoms with E-state index < -0.39 is 28.5 Å². The molecule has 2 amide bonds. The SMILES string of the molecule is CCCCNC(=O)C(CC)N(Cc1ccccc1C)C(=O)CN(c1cccc(Br)c1)S(=O)(=O)c1ccc(C)cc1. The molecule has 0 heterocycles. The summed E-state index contributed by atoms with van der Waals surface area (Å²) in [5.41, 5.74) is 3.15. The van der Waals surface area contributed by atoms with Gasteiger partial charge in [0.1, 0.15) is 12.6 Å². The number of carbonyl (C=O) groups is 2. The molecule has 0 bridgehead atoms. The van der Waals surface area contributed by atoms with Crippen molar-refractivity contribution in [1.82, 2.24) is 10.2 Å². The summed E-state index contributed by atoms with van der Waals surface area (Å²) < 4.78 is 29.7. The molecule has 3 aromatic carbocycles. The summed E-state index contributed by atoms with van der Waals surface area (Å²) in [7, 11) is -4.10. The summed E-state index contributed by atoms with van der Waals surface area (Å²) >= 11 is 3.42. The average Bonchev–Trinajstić information content (AvgIpc) is 2.92. The number of rotatable bonds is 13. The molecule has 0 aliphatic carbocycles. The second kappa shape index (κ2) is 14.5. The van der Waals surface area contributed by atoms with Gasteiger partial charge in [0.25, 0.3) is 10.0 Å². The van der Waals surface area contributed by atoms with Gasteiger partial charge in [0, 0.05) is 17.6 Å². The first kappa shape index (κ1) is 31.4. The Labute approximate surface area is 246 Å². The van der Waals surface area contributed by atoms with Crippen LogP contribution in [0.4, 0.5) is 5.69 Å². The predicted molar refractivity (Wildman–Crippen MR) is 164 cm³/mol. The zero-order valence-electron chi connectivity index (χ0n) is 23.6. The van der Waals surface area contributed by atoms with Gasteiger partial charge in [0.2, 0.25) is 11.8 Å². The van der Waals surface area contributed by atoms with Crippen LogP contribution in [0, 0.1) is 13.8 Å². The van der Waals surface area contributed by atoms with E-state index in [1.807, 2.05) is 52.0 Å². The van der Waals surface area contributed by atoms with Crippen LogP contribution in [0.15, 0.2) is 82.2 Å². The van der Waals surface area contributed by atoms with Gasteiger partial charge in [0.05, 0.1) is 10.6 Å². The summed E-state index contributed by atoms with van der Waals surface area (Å²) in [6.07, 6.45) is 2.15. The van der Waals surface area contributed by atoms with Gasteiger partial charge < -0.3 is 10.2 Å². The van der Waals surface area contributed by atoms with Crippen LogP contribution in [0.2, 0.25) is 0 Å². The number of carbonyl (C=O) groups excluding carboxylic acids is 2. The monoisotopic (exact) mass is 627 g/mol. The van der Waals surface area contributed by atoms with Crippen molar-refractivity contribution in [3.63, 3.8) is 0 Å². The topological polar surface area (TPSA) is 86.8 Å². The quantitative estimate of drug-likeness (QED) is 0.236. The Balaban J connectivity index is 2.05. The Hall–Kier alpha value is -3.17. The number of nitrogens with one attached hydrogen (secondary N) is 1. The summed E-state index contributed by atoms with van der Waals surface area (Å²) in [6.45, 7) is 7.98. The molecule has 0 aliphatic rings. The third-order valence-electron chi connectivity index (χ3n) is 6.80. The largest absolute Gasteiger partial charge is 0.354 e.